The minimum atomic E-state index is 0.966. The SMILES string of the molecule is POc1cccc2c1Cc1ccccc1-2. The van der Waals surface area contributed by atoms with Crippen molar-refractivity contribution in [2.45, 2.75) is 6.42 Å². The zero-order valence-corrected chi connectivity index (χ0v) is 9.39. The van der Waals surface area contributed by atoms with E-state index in [-0.39, 0.29) is 0 Å². The van der Waals surface area contributed by atoms with Crippen molar-refractivity contribution in [3.8, 4) is 16.9 Å². The summed E-state index contributed by atoms with van der Waals surface area (Å²) in [5.74, 6) is 0.966. The summed E-state index contributed by atoms with van der Waals surface area (Å²) in [6.45, 7) is 0. The van der Waals surface area contributed by atoms with E-state index in [4.69, 9.17) is 4.52 Å². The van der Waals surface area contributed by atoms with Gasteiger partial charge in [-0.1, -0.05) is 36.4 Å². The van der Waals surface area contributed by atoms with Crippen LogP contribution in [0, 0.1) is 0 Å². The van der Waals surface area contributed by atoms with Crippen LogP contribution in [0.2, 0.25) is 0 Å². The molecule has 0 aromatic heterocycles. The van der Waals surface area contributed by atoms with Crippen molar-refractivity contribution in [3.63, 3.8) is 0 Å². The maximum absolute atomic E-state index is 5.30. The Morgan fingerprint density at radius 2 is 1.73 bits per heavy atom. The van der Waals surface area contributed by atoms with Gasteiger partial charge in [0.25, 0.3) is 0 Å². The fourth-order valence-electron chi connectivity index (χ4n) is 2.24. The quantitative estimate of drug-likeness (QED) is 0.564. The average molecular weight is 214 g/mol. The number of hydrogen-bond donors (Lipinski definition) is 0. The highest BCUT2D eigenvalue weighted by molar-refractivity contribution is 7.10. The van der Waals surface area contributed by atoms with Gasteiger partial charge in [0.1, 0.15) is 5.75 Å². The first-order valence-corrected chi connectivity index (χ1v) is 5.44. The monoisotopic (exact) mass is 214 g/mol. The molecule has 74 valence electrons. The molecule has 3 rings (SSSR count). The Labute approximate surface area is 91.4 Å². The van der Waals surface area contributed by atoms with Crippen LogP contribution in [-0.2, 0) is 6.42 Å². The van der Waals surface area contributed by atoms with Gasteiger partial charge in [0.2, 0.25) is 0 Å². The van der Waals surface area contributed by atoms with Crippen LogP contribution in [0.15, 0.2) is 42.5 Å². The molecule has 0 aliphatic heterocycles. The summed E-state index contributed by atoms with van der Waals surface area (Å²) in [5, 5.41) is 0. The standard InChI is InChI=1S/C13H11OP/c15-14-13-7-3-6-11-10-5-2-1-4-9(10)8-12(11)13/h1-7H,8,15H2. The molecule has 0 N–H and O–H groups in total. The van der Waals surface area contributed by atoms with Crippen LogP contribution in [0.25, 0.3) is 11.1 Å². The van der Waals surface area contributed by atoms with E-state index in [2.05, 4.69) is 39.8 Å². The molecule has 0 fully saturated rings. The Bertz CT molecular complexity index is 520. The third-order valence-electron chi connectivity index (χ3n) is 2.93. The van der Waals surface area contributed by atoms with Gasteiger partial charge in [-0.05, 0) is 22.8 Å². The molecule has 0 spiro atoms. The largest absolute Gasteiger partial charge is 0.480 e. The Balaban J connectivity index is 2.26. The Morgan fingerprint density at radius 3 is 2.60 bits per heavy atom. The van der Waals surface area contributed by atoms with Crippen LogP contribution in [0.3, 0.4) is 0 Å². The summed E-state index contributed by atoms with van der Waals surface area (Å²) in [7, 11) is 2.32. The van der Waals surface area contributed by atoms with Gasteiger partial charge in [-0.3, -0.25) is 0 Å². The number of hydrogen-bond acceptors (Lipinski definition) is 1. The molecule has 0 saturated carbocycles. The molecule has 15 heavy (non-hydrogen) atoms. The van der Waals surface area contributed by atoms with Crippen molar-refractivity contribution in [1.29, 1.82) is 0 Å². The molecule has 0 heterocycles. The van der Waals surface area contributed by atoms with Gasteiger partial charge in [-0.2, -0.15) is 0 Å². The van der Waals surface area contributed by atoms with E-state index in [0.717, 1.165) is 12.2 Å². The summed E-state index contributed by atoms with van der Waals surface area (Å²) in [6, 6.07) is 14.7. The van der Waals surface area contributed by atoms with Crippen LogP contribution in [0.4, 0.5) is 0 Å². The van der Waals surface area contributed by atoms with Crippen LogP contribution in [-0.4, -0.2) is 0 Å². The fourth-order valence-corrected chi connectivity index (χ4v) is 2.46. The highest BCUT2D eigenvalue weighted by atomic mass is 31.0. The van der Waals surface area contributed by atoms with Gasteiger partial charge in [0.15, 0.2) is 0 Å². The van der Waals surface area contributed by atoms with Crippen molar-refractivity contribution in [1.82, 2.24) is 0 Å². The number of fused-ring (bicyclic) bond motifs is 3. The van der Waals surface area contributed by atoms with E-state index >= 15 is 0 Å². The molecule has 2 aromatic carbocycles. The molecule has 1 aliphatic carbocycles. The van der Waals surface area contributed by atoms with E-state index < -0.39 is 0 Å². The molecule has 1 aliphatic rings. The van der Waals surface area contributed by atoms with E-state index in [0.29, 0.717) is 0 Å². The summed E-state index contributed by atoms with van der Waals surface area (Å²) in [5.41, 5.74) is 5.35. The lowest BCUT2D eigenvalue weighted by Crippen LogP contribution is -1.84. The van der Waals surface area contributed by atoms with E-state index in [1.807, 2.05) is 12.1 Å². The van der Waals surface area contributed by atoms with Crippen molar-refractivity contribution < 1.29 is 4.52 Å². The third kappa shape index (κ3) is 1.27. The van der Waals surface area contributed by atoms with Crippen LogP contribution >= 0.6 is 9.47 Å². The number of benzene rings is 2. The van der Waals surface area contributed by atoms with Gasteiger partial charge in [-0.25, -0.2) is 0 Å². The minimum absolute atomic E-state index is 0.966. The molecule has 1 atom stereocenters. The Kier molecular flexibility index (Phi) is 2.00. The lowest BCUT2D eigenvalue weighted by atomic mass is 10.1. The van der Waals surface area contributed by atoms with Gasteiger partial charge in [-0.15, -0.1) is 0 Å². The lowest BCUT2D eigenvalue weighted by Gasteiger charge is -2.05. The highest BCUT2D eigenvalue weighted by Crippen LogP contribution is 2.41. The summed E-state index contributed by atoms with van der Waals surface area (Å²) in [6.07, 6.45) is 0.982. The van der Waals surface area contributed by atoms with Crippen molar-refractivity contribution in [2.24, 2.45) is 0 Å². The molecule has 2 heteroatoms. The van der Waals surface area contributed by atoms with E-state index in [1.54, 1.807) is 0 Å². The molecule has 1 unspecified atom stereocenters. The second kappa shape index (κ2) is 3.36. The Morgan fingerprint density at radius 1 is 0.933 bits per heavy atom. The maximum atomic E-state index is 5.30. The molecule has 1 nitrogen and oxygen atoms in total. The maximum Gasteiger partial charge on any atom is 0.126 e. The first kappa shape index (κ1) is 8.94. The number of rotatable bonds is 1. The first-order chi connectivity index (χ1) is 7.40. The summed E-state index contributed by atoms with van der Waals surface area (Å²) < 4.78 is 5.30. The minimum Gasteiger partial charge on any atom is -0.480 e. The highest BCUT2D eigenvalue weighted by Gasteiger charge is 2.20. The topological polar surface area (TPSA) is 9.23 Å². The smallest absolute Gasteiger partial charge is 0.126 e. The molecule has 0 bridgehead atoms. The third-order valence-corrected chi connectivity index (χ3v) is 3.19. The second-order valence-corrected chi connectivity index (χ2v) is 3.97. The average Bonchev–Trinajstić information content (AvgIpc) is 2.67. The van der Waals surface area contributed by atoms with Crippen molar-refractivity contribution in [3.05, 3.63) is 53.6 Å². The van der Waals surface area contributed by atoms with Crippen molar-refractivity contribution in [2.75, 3.05) is 0 Å². The molecule has 0 saturated heterocycles. The van der Waals surface area contributed by atoms with E-state index in [1.165, 1.54) is 22.3 Å². The van der Waals surface area contributed by atoms with E-state index in [9.17, 15) is 0 Å². The van der Waals surface area contributed by atoms with Crippen molar-refractivity contribution >= 4 is 9.47 Å². The van der Waals surface area contributed by atoms with Gasteiger partial charge >= 0.3 is 0 Å². The first-order valence-electron chi connectivity index (χ1n) is 4.97. The molecule has 0 amide bonds. The lowest BCUT2D eigenvalue weighted by molar-refractivity contribution is 0.638. The molecule has 0 radical (unpaired) electrons. The van der Waals surface area contributed by atoms with Gasteiger partial charge < -0.3 is 4.52 Å². The van der Waals surface area contributed by atoms with Gasteiger partial charge in [0, 0.05) is 12.0 Å². The molecular formula is C13H11OP. The fraction of sp³-hybridized carbons (Fsp3) is 0.0769. The zero-order valence-electron chi connectivity index (χ0n) is 8.23. The zero-order chi connectivity index (χ0) is 10.3. The normalized spacial score (nSPS) is 12.1. The summed E-state index contributed by atoms with van der Waals surface area (Å²) in [4.78, 5) is 0. The summed E-state index contributed by atoms with van der Waals surface area (Å²) >= 11 is 0. The molecular weight excluding hydrogens is 203 g/mol. The predicted molar refractivity (Wildman–Crippen MR) is 65.0 cm³/mol. The van der Waals surface area contributed by atoms with Crippen LogP contribution in [0.5, 0.6) is 5.75 Å². The molecule has 2 aromatic rings. The predicted octanol–water partition coefficient (Wildman–Crippen LogP) is 3.43. The van der Waals surface area contributed by atoms with Crippen LogP contribution < -0.4 is 4.52 Å². The Hall–Kier alpha value is -1.33. The second-order valence-electron chi connectivity index (χ2n) is 3.73. The van der Waals surface area contributed by atoms with Crippen LogP contribution in [0.1, 0.15) is 11.1 Å². The van der Waals surface area contributed by atoms with Gasteiger partial charge in [0.05, 0.1) is 9.47 Å².